The topological polar surface area (TPSA) is 60.2 Å². The number of nitrogens with one attached hydrogen (secondary N) is 1. The van der Waals surface area contributed by atoms with Crippen molar-refractivity contribution in [3.8, 4) is 0 Å². The van der Waals surface area contributed by atoms with E-state index >= 15 is 0 Å². The summed E-state index contributed by atoms with van der Waals surface area (Å²) in [6, 6.07) is 0.513. The lowest BCUT2D eigenvalue weighted by atomic mass is 9.93. The van der Waals surface area contributed by atoms with E-state index < -0.39 is 5.60 Å². The number of methoxy groups -OCH3 is 1. The molecule has 1 aliphatic rings. The monoisotopic (exact) mass is 239 g/mol. The van der Waals surface area contributed by atoms with Crippen LogP contribution in [0, 0.1) is 0 Å². The molecular formula is C12H21N3O2. The normalized spacial score (nSPS) is 26.1. The molecule has 5 heteroatoms. The van der Waals surface area contributed by atoms with Crippen molar-refractivity contribution in [1.82, 2.24) is 15.5 Å². The number of hydrogen-bond acceptors (Lipinski definition) is 5. The van der Waals surface area contributed by atoms with Gasteiger partial charge >= 0.3 is 0 Å². The van der Waals surface area contributed by atoms with E-state index in [1.807, 2.05) is 13.8 Å². The summed E-state index contributed by atoms with van der Waals surface area (Å²) in [6.07, 6.45) is 2.11. The highest BCUT2D eigenvalue weighted by molar-refractivity contribution is 5.02. The molecule has 1 aromatic heterocycles. The van der Waals surface area contributed by atoms with Crippen LogP contribution >= 0.6 is 0 Å². The van der Waals surface area contributed by atoms with Crippen LogP contribution < -0.4 is 5.32 Å². The molecule has 1 N–H and O–H groups in total. The van der Waals surface area contributed by atoms with Crippen LogP contribution in [0.3, 0.4) is 0 Å². The maximum atomic E-state index is 5.37. The summed E-state index contributed by atoms with van der Waals surface area (Å²) in [5.74, 6) is 1.75. The Bertz CT molecular complexity index is 376. The van der Waals surface area contributed by atoms with E-state index in [1.54, 1.807) is 7.11 Å². The fraction of sp³-hybridized carbons (Fsp3) is 0.833. The lowest BCUT2D eigenvalue weighted by Crippen LogP contribution is -2.35. The Balaban J connectivity index is 2.12. The first-order valence-electron chi connectivity index (χ1n) is 6.15. The third-order valence-corrected chi connectivity index (χ3v) is 3.46. The zero-order valence-electron chi connectivity index (χ0n) is 11.0. The molecular weight excluding hydrogens is 218 g/mol. The first kappa shape index (κ1) is 12.5. The van der Waals surface area contributed by atoms with E-state index in [0.717, 1.165) is 25.3 Å². The fourth-order valence-electron chi connectivity index (χ4n) is 2.09. The molecule has 0 bridgehead atoms. The van der Waals surface area contributed by atoms with Crippen LogP contribution in [-0.2, 0) is 10.3 Å². The van der Waals surface area contributed by atoms with E-state index in [1.165, 1.54) is 0 Å². The Morgan fingerprint density at radius 3 is 2.88 bits per heavy atom. The molecule has 1 aromatic rings. The van der Waals surface area contributed by atoms with Crippen LogP contribution in [0.2, 0.25) is 0 Å². The molecule has 96 valence electrons. The summed E-state index contributed by atoms with van der Waals surface area (Å²) in [7, 11) is 1.66. The largest absolute Gasteiger partial charge is 0.371 e. The third-order valence-electron chi connectivity index (χ3n) is 3.46. The van der Waals surface area contributed by atoms with Crippen molar-refractivity contribution in [2.75, 3.05) is 13.7 Å². The highest BCUT2D eigenvalue weighted by atomic mass is 16.5. The first-order chi connectivity index (χ1) is 8.03. The Labute approximate surface area is 102 Å². The number of piperidine rings is 1. The lowest BCUT2D eigenvalue weighted by Gasteiger charge is -2.25. The van der Waals surface area contributed by atoms with Crippen LogP contribution in [0.1, 0.15) is 51.2 Å². The van der Waals surface area contributed by atoms with E-state index in [4.69, 9.17) is 9.26 Å². The molecule has 2 rings (SSSR count). The van der Waals surface area contributed by atoms with Crippen molar-refractivity contribution < 1.29 is 9.26 Å². The van der Waals surface area contributed by atoms with Gasteiger partial charge in [-0.15, -0.1) is 0 Å². The van der Waals surface area contributed by atoms with Gasteiger partial charge in [0, 0.05) is 19.1 Å². The maximum Gasteiger partial charge on any atom is 0.229 e. The molecule has 17 heavy (non-hydrogen) atoms. The first-order valence-corrected chi connectivity index (χ1v) is 6.15. The molecule has 5 nitrogen and oxygen atoms in total. The Morgan fingerprint density at radius 2 is 2.24 bits per heavy atom. The van der Waals surface area contributed by atoms with Crippen molar-refractivity contribution in [3.05, 3.63) is 11.7 Å². The van der Waals surface area contributed by atoms with E-state index in [9.17, 15) is 0 Å². The molecule has 0 amide bonds. The van der Waals surface area contributed by atoms with E-state index in [0.29, 0.717) is 17.8 Å². The number of aromatic nitrogens is 2. The summed E-state index contributed by atoms with van der Waals surface area (Å²) in [5.41, 5.74) is -0.486. The SMILES string of the molecule is COC(C)(C)c1noc(C2CCNC(C)C2)n1. The molecule has 0 spiro atoms. The molecule has 0 aliphatic carbocycles. The van der Waals surface area contributed by atoms with Crippen LogP contribution in [0.25, 0.3) is 0 Å². The second-order valence-electron chi connectivity index (χ2n) is 5.25. The highest BCUT2D eigenvalue weighted by Crippen LogP contribution is 2.28. The fourth-order valence-corrected chi connectivity index (χ4v) is 2.09. The second-order valence-corrected chi connectivity index (χ2v) is 5.25. The van der Waals surface area contributed by atoms with Gasteiger partial charge in [0.15, 0.2) is 0 Å². The van der Waals surface area contributed by atoms with Crippen molar-refractivity contribution in [3.63, 3.8) is 0 Å². The van der Waals surface area contributed by atoms with Gasteiger partial charge < -0.3 is 14.6 Å². The molecule has 2 heterocycles. The van der Waals surface area contributed by atoms with Gasteiger partial charge in [-0.3, -0.25) is 0 Å². The molecule has 2 atom stereocenters. The molecule has 1 saturated heterocycles. The number of nitrogens with zero attached hydrogens (tertiary/aromatic N) is 2. The Hall–Kier alpha value is -0.940. The zero-order chi connectivity index (χ0) is 12.5. The second kappa shape index (κ2) is 4.74. The van der Waals surface area contributed by atoms with Crippen molar-refractivity contribution in [2.45, 2.75) is 51.2 Å². The van der Waals surface area contributed by atoms with Gasteiger partial charge in [0.2, 0.25) is 11.7 Å². The summed E-state index contributed by atoms with van der Waals surface area (Å²) >= 11 is 0. The van der Waals surface area contributed by atoms with Crippen molar-refractivity contribution in [2.24, 2.45) is 0 Å². The number of hydrogen-bond donors (Lipinski definition) is 1. The van der Waals surface area contributed by atoms with E-state index in [2.05, 4.69) is 22.4 Å². The van der Waals surface area contributed by atoms with Gasteiger partial charge in [-0.25, -0.2) is 0 Å². The van der Waals surface area contributed by atoms with Gasteiger partial charge in [0.05, 0.1) is 0 Å². The number of rotatable bonds is 3. The lowest BCUT2D eigenvalue weighted by molar-refractivity contribution is 0.00973. The van der Waals surface area contributed by atoms with Gasteiger partial charge in [0.25, 0.3) is 0 Å². The quantitative estimate of drug-likeness (QED) is 0.871. The molecule has 0 aromatic carbocycles. The molecule has 0 radical (unpaired) electrons. The van der Waals surface area contributed by atoms with Gasteiger partial charge in [-0.05, 0) is 40.2 Å². The summed E-state index contributed by atoms with van der Waals surface area (Å²) in [5, 5.41) is 7.44. The minimum Gasteiger partial charge on any atom is -0.371 e. The van der Waals surface area contributed by atoms with Crippen LogP contribution in [0.5, 0.6) is 0 Å². The van der Waals surface area contributed by atoms with E-state index in [-0.39, 0.29) is 0 Å². The average Bonchev–Trinajstić information content (AvgIpc) is 2.79. The minimum atomic E-state index is -0.486. The number of ether oxygens (including phenoxy) is 1. The van der Waals surface area contributed by atoms with Gasteiger partial charge in [-0.2, -0.15) is 4.98 Å². The molecule has 2 unspecified atom stereocenters. The third kappa shape index (κ3) is 2.66. The van der Waals surface area contributed by atoms with Gasteiger partial charge in [0.1, 0.15) is 5.60 Å². The standard InChI is InChI=1S/C12H21N3O2/c1-8-7-9(5-6-13-8)10-14-11(15-17-10)12(2,3)16-4/h8-9,13H,5-7H2,1-4H3. The molecule has 1 fully saturated rings. The summed E-state index contributed by atoms with van der Waals surface area (Å²) in [6.45, 7) is 7.07. The smallest absolute Gasteiger partial charge is 0.229 e. The average molecular weight is 239 g/mol. The summed E-state index contributed by atoms with van der Waals surface area (Å²) < 4.78 is 10.7. The van der Waals surface area contributed by atoms with Crippen molar-refractivity contribution >= 4 is 0 Å². The van der Waals surface area contributed by atoms with Crippen molar-refractivity contribution in [1.29, 1.82) is 0 Å². The maximum absolute atomic E-state index is 5.37. The predicted molar refractivity (Wildman–Crippen MR) is 63.8 cm³/mol. The van der Waals surface area contributed by atoms with Gasteiger partial charge in [-0.1, -0.05) is 5.16 Å². The minimum absolute atomic E-state index is 0.375. The van der Waals surface area contributed by atoms with Crippen LogP contribution in [0.4, 0.5) is 0 Å². The van der Waals surface area contributed by atoms with Crippen LogP contribution in [-0.4, -0.2) is 29.8 Å². The highest BCUT2D eigenvalue weighted by Gasteiger charge is 2.30. The van der Waals surface area contributed by atoms with Crippen LogP contribution in [0.15, 0.2) is 4.52 Å². The Kier molecular flexibility index (Phi) is 3.49. The zero-order valence-corrected chi connectivity index (χ0v) is 11.0. The summed E-state index contributed by atoms with van der Waals surface area (Å²) in [4.78, 5) is 4.48. The predicted octanol–water partition coefficient (Wildman–Crippen LogP) is 1.81. The molecule has 1 aliphatic heterocycles. The Morgan fingerprint density at radius 1 is 1.47 bits per heavy atom. The molecule has 0 saturated carbocycles.